The Labute approximate surface area is 217 Å². The van der Waals surface area contributed by atoms with Crippen LogP contribution in [0.5, 0.6) is 0 Å². The van der Waals surface area contributed by atoms with Crippen molar-refractivity contribution in [1.29, 1.82) is 0 Å². The number of aryl methyl sites for hydroxylation is 2. The maximum absolute atomic E-state index is 13.0. The number of rotatable bonds is 6. The molecule has 5 heteroatoms. The van der Waals surface area contributed by atoms with Crippen LogP contribution in [0.25, 0.3) is 33.5 Å². The number of carbonyl (C=O) groups excluding carboxylic acids is 1. The first-order valence-electron chi connectivity index (χ1n) is 12.4. The number of anilines is 1. The second kappa shape index (κ2) is 10.2. The lowest BCUT2D eigenvalue weighted by molar-refractivity contribution is 0.0951. The first kappa shape index (κ1) is 24.2. The Morgan fingerprint density at radius 2 is 1.32 bits per heavy atom. The van der Waals surface area contributed by atoms with Crippen molar-refractivity contribution in [2.45, 2.75) is 20.4 Å². The number of benzene rings is 4. The maximum Gasteiger partial charge on any atom is 0.251 e. The van der Waals surface area contributed by atoms with E-state index in [0.717, 1.165) is 50.4 Å². The minimum Gasteiger partial charge on any atom is -0.378 e. The van der Waals surface area contributed by atoms with Crippen molar-refractivity contribution in [2.24, 2.45) is 0 Å². The molecular weight excluding hydrogens is 456 g/mol. The van der Waals surface area contributed by atoms with Gasteiger partial charge in [0.15, 0.2) is 0 Å². The van der Waals surface area contributed by atoms with E-state index in [2.05, 4.69) is 55.6 Å². The van der Waals surface area contributed by atoms with Gasteiger partial charge in [-0.05, 0) is 61.9 Å². The molecule has 0 atom stereocenters. The zero-order valence-corrected chi connectivity index (χ0v) is 21.6. The van der Waals surface area contributed by atoms with Crippen LogP contribution in [0.2, 0.25) is 0 Å². The van der Waals surface area contributed by atoms with Crippen molar-refractivity contribution in [2.75, 3.05) is 19.0 Å². The Morgan fingerprint density at radius 3 is 1.89 bits per heavy atom. The first-order valence-corrected chi connectivity index (χ1v) is 12.4. The molecule has 0 aliphatic heterocycles. The molecule has 0 spiro atoms. The third kappa shape index (κ3) is 5.36. The lowest BCUT2D eigenvalue weighted by Gasteiger charge is -2.13. The summed E-state index contributed by atoms with van der Waals surface area (Å²) in [5.41, 5.74) is 10.2. The summed E-state index contributed by atoms with van der Waals surface area (Å²) < 4.78 is 0. The summed E-state index contributed by atoms with van der Waals surface area (Å²) in [4.78, 5) is 25.1. The normalized spacial score (nSPS) is 10.9. The van der Waals surface area contributed by atoms with Gasteiger partial charge in [0, 0.05) is 43.0 Å². The van der Waals surface area contributed by atoms with E-state index in [1.807, 2.05) is 73.6 Å². The Balaban J connectivity index is 1.49. The topological polar surface area (TPSA) is 58.1 Å². The van der Waals surface area contributed by atoms with Gasteiger partial charge in [0.25, 0.3) is 5.91 Å². The average Bonchev–Trinajstić information content (AvgIpc) is 2.91. The first-order chi connectivity index (χ1) is 17.9. The summed E-state index contributed by atoms with van der Waals surface area (Å²) in [5.74, 6) is -0.139. The van der Waals surface area contributed by atoms with Gasteiger partial charge in [0.05, 0.1) is 22.4 Å². The summed E-state index contributed by atoms with van der Waals surface area (Å²) in [6.45, 7) is 4.60. The second-order valence-electron chi connectivity index (χ2n) is 9.61. The minimum absolute atomic E-state index is 0.139. The van der Waals surface area contributed by atoms with Crippen molar-refractivity contribution < 1.29 is 4.79 Å². The smallest absolute Gasteiger partial charge is 0.251 e. The van der Waals surface area contributed by atoms with Gasteiger partial charge in [-0.15, -0.1) is 0 Å². The molecule has 0 bridgehead atoms. The molecule has 1 N–H and O–H groups in total. The number of hydrogen-bond acceptors (Lipinski definition) is 4. The van der Waals surface area contributed by atoms with Crippen molar-refractivity contribution in [1.82, 2.24) is 15.3 Å². The summed E-state index contributed by atoms with van der Waals surface area (Å²) in [6.07, 6.45) is 0. The Bertz CT molecular complexity index is 1590. The molecule has 1 heterocycles. The third-order valence-corrected chi connectivity index (χ3v) is 6.42. The van der Waals surface area contributed by atoms with Crippen LogP contribution >= 0.6 is 0 Å². The average molecular weight is 487 g/mol. The van der Waals surface area contributed by atoms with Crippen molar-refractivity contribution in [3.8, 4) is 22.5 Å². The van der Waals surface area contributed by atoms with Crippen LogP contribution in [0.1, 0.15) is 27.0 Å². The SMILES string of the molecule is Cc1cccc(-c2nc3ccc(C(=O)NCc4ccc(N(C)C)cc4)cc3nc2-c2cccc(C)c2)c1. The largest absolute Gasteiger partial charge is 0.378 e. The van der Waals surface area contributed by atoms with Crippen molar-refractivity contribution in [3.63, 3.8) is 0 Å². The van der Waals surface area contributed by atoms with Gasteiger partial charge in [-0.25, -0.2) is 9.97 Å². The molecule has 184 valence electrons. The number of hydrogen-bond donors (Lipinski definition) is 1. The number of amides is 1. The molecule has 0 aliphatic rings. The molecule has 1 amide bonds. The molecule has 4 aromatic carbocycles. The lowest BCUT2D eigenvalue weighted by atomic mass is 10.0. The maximum atomic E-state index is 13.0. The quantitative estimate of drug-likeness (QED) is 0.295. The highest BCUT2D eigenvalue weighted by Gasteiger charge is 2.15. The van der Waals surface area contributed by atoms with Crippen LogP contribution in [0, 0.1) is 13.8 Å². The van der Waals surface area contributed by atoms with Gasteiger partial charge in [-0.1, -0.05) is 59.7 Å². The molecule has 1 aromatic heterocycles. The highest BCUT2D eigenvalue weighted by molar-refractivity contribution is 5.98. The number of fused-ring (bicyclic) bond motifs is 1. The highest BCUT2D eigenvalue weighted by atomic mass is 16.1. The Morgan fingerprint density at radius 1 is 0.730 bits per heavy atom. The van der Waals surface area contributed by atoms with E-state index in [-0.39, 0.29) is 5.91 Å². The predicted octanol–water partition coefficient (Wildman–Crippen LogP) is 6.58. The fourth-order valence-corrected chi connectivity index (χ4v) is 4.38. The van der Waals surface area contributed by atoms with Crippen LogP contribution < -0.4 is 10.2 Å². The van der Waals surface area contributed by atoms with Gasteiger partial charge in [0.1, 0.15) is 0 Å². The summed E-state index contributed by atoms with van der Waals surface area (Å²) in [6, 6.07) is 30.3. The summed E-state index contributed by atoms with van der Waals surface area (Å²) in [5, 5.41) is 3.03. The zero-order chi connectivity index (χ0) is 25.9. The minimum atomic E-state index is -0.139. The summed E-state index contributed by atoms with van der Waals surface area (Å²) >= 11 is 0. The second-order valence-corrected chi connectivity index (χ2v) is 9.61. The molecule has 5 nitrogen and oxygen atoms in total. The highest BCUT2D eigenvalue weighted by Crippen LogP contribution is 2.32. The Kier molecular flexibility index (Phi) is 6.69. The monoisotopic (exact) mass is 486 g/mol. The van der Waals surface area contributed by atoms with Crippen LogP contribution in [0.15, 0.2) is 91.0 Å². The van der Waals surface area contributed by atoms with Gasteiger partial charge in [-0.2, -0.15) is 0 Å². The molecule has 0 radical (unpaired) electrons. The van der Waals surface area contributed by atoms with Crippen molar-refractivity contribution >= 4 is 22.6 Å². The van der Waals surface area contributed by atoms with Gasteiger partial charge >= 0.3 is 0 Å². The number of aromatic nitrogens is 2. The Hall–Kier alpha value is -4.51. The standard InChI is InChI=1S/C32H30N4O/c1-21-7-5-9-24(17-21)30-31(25-10-6-8-22(2)18-25)35-29-19-26(13-16-28(29)34-30)32(37)33-20-23-11-14-27(15-12-23)36(3)4/h5-19H,20H2,1-4H3,(H,33,37). The molecule has 0 saturated heterocycles. The van der Waals surface area contributed by atoms with E-state index < -0.39 is 0 Å². The lowest BCUT2D eigenvalue weighted by Crippen LogP contribution is -2.22. The van der Waals surface area contributed by atoms with E-state index in [9.17, 15) is 4.79 Å². The van der Waals surface area contributed by atoms with Crippen LogP contribution in [0.3, 0.4) is 0 Å². The van der Waals surface area contributed by atoms with E-state index in [1.165, 1.54) is 0 Å². The van der Waals surface area contributed by atoms with Gasteiger partial charge in [-0.3, -0.25) is 4.79 Å². The van der Waals surface area contributed by atoms with Gasteiger partial charge < -0.3 is 10.2 Å². The fraction of sp³-hybridized carbons (Fsp3) is 0.156. The van der Waals surface area contributed by atoms with Crippen LogP contribution in [-0.2, 0) is 6.54 Å². The molecule has 5 aromatic rings. The number of nitrogens with one attached hydrogen (secondary N) is 1. The molecule has 37 heavy (non-hydrogen) atoms. The zero-order valence-electron chi connectivity index (χ0n) is 21.6. The molecule has 0 fully saturated rings. The van der Waals surface area contributed by atoms with E-state index in [4.69, 9.17) is 9.97 Å². The van der Waals surface area contributed by atoms with E-state index >= 15 is 0 Å². The molecule has 5 rings (SSSR count). The van der Waals surface area contributed by atoms with Crippen molar-refractivity contribution in [3.05, 3.63) is 113 Å². The molecule has 0 unspecified atom stereocenters. The number of nitrogens with zero attached hydrogens (tertiary/aromatic N) is 3. The third-order valence-electron chi connectivity index (χ3n) is 6.42. The fourth-order valence-electron chi connectivity index (χ4n) is 4.38. The molecule has 0 saturated carbocycles. The van der Waals surface area contributed by atoms with Crippen LogP contribution in [-0.4, -0.2) is 30.0 Å². The van der Waals surface area contributed by atoms with E-state index in [0.29, 0.717) is 17.6 Å². The van der Waals surface area contributed by atoms with Gasteiger partial charge in [0.2, 0.25) is 0 Å². The molecular formula is C32H30N4O. The van der Waals surface area contributed by atoms with Crippen LogP contribution in [0.4, 0.5) is 5.69 Å². The molecule has 0 aliphatic carbocycles. The predicted molar refractivity (Wildman–Crippen MR) is 152 cm³/mol. The van der Waals surface area contributed by atoms with E-state index in [1.54, 1.807) is 0 Å². The summed E-state index contributed by atoms with van der Waals surface area (Å²) in [7, 11) is 4.02. The number of carbonyl (C=O) groups is 1.